The first-order chi connectivity index (χ1) is 15.8. The van der Waals surface area contributed by atoms with Gasteiger partial charge in [-0.05, 0) is 59.0 Å². The van der Waals surface area contributed by atoms with Gasteiger partial charge in [-0.15, -0.1) is 0 Å². The first-order valence-electron chi connectivity index (χ1n) is 10.1. The monoisotopic (exact) mass is 505 g/mol. The van der Waals surface area contributed by atoms with Gasteiger partial charge in [-0.3, -0.25) is 4.79 Å². The fourth-order valence-corrected chi connectivity index (χ4v) is 3.84. The molecule has 7 heteroatoms. The minimum absolute atomic E-state index is 0.0743. The molecule has 4 aromatic carbocycles. The Morgan fingerprint density at radius 2 is 1.45 bits per heavy atom. The van der Waals surface area contributed by atoms with Gasteiger partial charge in [0.1, 0.15) is 11.5 Å². The Balaban J connectivity index is 1.59. The summed E-state index contributed by atoms with van der Waals surface area (Å²) < 4.78 is 0.958. The van der Waals surface area contributed by atoms with Gasteiger partial charge in [-0.25, -0.2) is 4.79 Å². The van der Waals surface area contributed by atoms with Crippen molar-refractivity contribution in [1.29, 1.82) is 0 Å². The van der Waals surface area contributed by atoms with Crippen LogP contribution in [0.25, 0.3) is 10.8 Å². The third-order valence-corrected chi connectivity index (χ3v) is 5.93. The van der Waals surface area contributed by atoms with Gasteiger partial charge in [0, 0.05) is 34.0 Å². The molecule has 4 aromatic rings. The van der Waals surface area contributed by atoms with E-state index in [9.17, 15) is 19.8 Å². The molecule has 0 bridgehead atoms. The molecule has 0 heterocycles. The van der Waals surface area contributed by atoms with Gasteiger partial charge in [0.15, 0.2) is 0 Å². The lowest BCUT2D eigenvalue weighted by Gasteiger charge is -2.12. The first-order valence-corrected chi connectivity index (χ1v) is 10.9. The van der Waals surface area contributed by atoms with Gasteiger partial charge in [0.25, 0.3) is 5.91 Å². The molecule has 4 N–H and O–H groups in total. The number of phenolic OH excluding ortho intramolecular Hbond substituents is 2. The number of amides is 1. The molecule has 0 atom stereocenters. The largest absolute Gasteiger partial charge is 0.507 e. The van der Waals surface area contributed by atoms with Crippen LogP contribution in [-0.2, 0) is 13.0 Å². The van der Waals surface area contributed by atoms with Crippen LogP contribution in [0.1, 0.15) is 37.4 Å². The van der Waals surface area contributed by atoms with Gasteiger partial charge in [-0.1, -0.05) is 46.3 Å². The minimum Gasteiger partial charge on any atom is -0.507 e. The second-order valence-electron chi connectivity index (χ2n) is 7.65. The van der Waals surface area contributed by atoms with Crippen LogP contribution in [0.2, 0.25) is 0 Å². The van der Waals surface area contributed by atoms with Gasteiger partial charge in [0.05, 0.1) is 5.56 Å². The summed E-state index contributed by atoms with van der Waals surface area (Å²) in [5.74, 6) is -1.49. The molecule has 4 rings (SSSR count). The van der Waals surface area contributed by atoms with Crippen molar-refractivity contribution in [3.8, 4) is 11.5 Å². The minimum atomic E-state index is -1.02. The number of aromatic hydroxyl groups is 2. The molecule has 0 aliphatic heterocycles. The van der Waals surface area contributed by atoms with Crippen molar-refractivity contribution in [3.63, 3.8) is 0 Å². The zero-order valence-corrected chi connectivity index (χ0v) is 19.0. The number of carbonyl (C=O) groups excluding carboxylic acids is 1. The zero-order valence-electron chi connectivity index (χ0n) is 17.4. The Morgan fingerprint density at radius 3 is 2.12 bits per heavy atom. The predicted molar refractivity (Wildman–Crippen MR) is 129 cm³/mol. The maximum Gasteiger partial charge on any atom is 0.335 e. The van der Waals surface area contributed by atoms with E-state index < -0.39 is 5.97 Å². The zero-order chi connectivity index (χ0) is 23.5. The second-order valence-corrected chi connectivity index (χ2v) is 8.56. The summed E-state index contributed by atoms with van der Waals surface area (Å²) in [4.78, 5) is 23.7. The van der Waals surface area contributed by atoms with Gasteiger partial charge in [-0.2, -0.15) is 0 Å². The summed E-state index contributed by atoms with van der Waals surface area (Å²) in [6.07, 6.45) is 0.202. The van der Waals surface area contributed by atoms with Crippen molar-refractivity contribution in [2.24, 2.45) is 0 Å². The van der Waals surface area contributed by atoms with Crippen LogP contribution in [0.3, 0.4) is 0 Å². The van der Waals surface area contributed by atoms with Crippen LogP contribution >= 0.6 is 15.9 Å². The number of phenols is 2. The molecule has 166 valence electrons. The molecular weight excluding hydrogens is 486 g/mol. The lowest BCUT2D eigenvalue weighted by atomic mass is 9.96. The topological polar surface area (TPSA) is 107 Å². The molecule has 0 radical (unpaired) electrons. The highest BCUT2D eigenvalue weighted by Gasteiger charge is 2.16. The highest BCUT2D eigenvalue weighted by molar-refractivity contribution is 9.10. The number of aromatic carboxylic acids is 1. The van der Waals surface area contributed by atoms with Crippen LogP contribution in [0.4, 0.5) is 0 Å². The highest BCUT2D eigenvalue weighted by atomic mass is 79.9. The van der Waals surface area contributed by atoms with Crippen molar-refractivity contribution in [1.82, 2.24) is 5.32 Å². The lowest BCUT2D eigenvalue weighted by Crippen LogP contribution is -2.22. The summed E-state index contributed by atoms with van der Waals surface area (Å²) in [7, 11) is 0. The van der Waals surface area contributed by atoms with Crippen molar-refractivity contribution in [3.05, 3.63) is 105 Å². The third-order valence-electron chi connectivity index (χ3n) is 5.41. The quantitative estimate of drug-likeness (QED) is 0.287. The van der Waals surface area contributed by atoms with Crippen LogP contribution in [0.15, 0.2) is 77.3 Å². The molecule has 33 heavy (non-hydrogen) atoms. The van der Waals surface area contributed by atoms with E-state index in [1.54, 1.807) is 36.4 Å². The molecule has 6 nitrogen and oxygen atoms in total. The van der Waals surface area contributed by atoms with Crippen molar-refractivity contribution in [2.75, 3.05) is 0 Å². The van der Waals surface area contributed by atoms with Crippen LogP contribution < -0.4 is 5.32 Å². The fourth-order valence-electron chi connectivity index (χ4n) is 3.58. The summed E-state index contributed by atoms with van der Waals surface area (Å²) in [6.45, 7) is 0.364. The van der Waals surface area contributed by atoms with Crippen molar-refractivity contribution >= 4 is 38.6 Å². The van der Waals surface area contributed by atoms with Gasteiger partial charge < -0.3 is 20.6 Å². The molecule has 0 unspecified atom stereocenters. The number of hydrogen-bond acceptors (Lipinski definition) is 4. The number of nitrogens with one attached hydrogen (secondary N) is 1. The average Bonchev–Trinajstić information content (AvgIpc) is 2.81. The SMILES string of the molecule is O=C(O)c1ccc(Cc2c(O)cc3ccc(C(=O)NCc4ccc(Br)cc4)cc3c2O)cc1. The molecule has 1 amide bonds. The fraction of sp³-hybridized carbons (Fsp3) is 0.0769. The number of carboxylic acids is 1. The molecule has 0 saturated carbocycles. The summed E-state index contributed by atoms with van der Waals surface area (Å²) in [5, 5.41) is 34.3. The predicted octanol–water partition coefficient (Wildman–Crippen LogP) is 5.23. The maximum atomic E-state index is 12.7. The highest BCUT2D eigenvalue weighted by Crippen LogP contribution is 2.37. The van der Waals surface area contributed by atoms with Crippen LogP contribution in [-0.4, -0.2) is 27.2 Å². The molecule has 0 aromatic heterocycles. The molecule has 0 spiro atoms. The van der Waals surface area contributed by atoms with E-state index in [4.69, 9.17) is 5.11 Å². The van der Waals surface area contributed by atoms with E-state index in [2.05, 4.69) is 21.2 Å². The molecule has 0 aliphatic rings. The smallest absolute Gasteiger partial charge is 0.335 e. The van der Waals surface area contributed by atoms with E-state index in [1.807, 2.05) is 24.3 Å². The third kappa shape index (κ3) is 4.99. The number of halogens is 1. The number of carbonyl (C=O) groups is 2. The van der Waals surface area contributed by atoms with Gasteiger partial charge in [0.2, 0.25) is 0 Å². The van der Waals surface area contributed by atoms with E-state index in [0.29, 0.717) is 28.4 Å². The number of hydrogen-bond donors (Lipinski definition) is 4. The Bertz CT molecular complexity index is 1350. The van der Waals surface area contributed by atoms with Crippen LogP contribution in [0, 0.1) is 0 Å². The van der Waals surface area contributed by atoms with E-state index in [1.165, 1.54) is 12.1 Å². The number of rotatable bonds is 6. The number of benzene rings is 4. The Labute approximate surface area is 198 Å². The van der Waals surface area contributed by atoms with Crippen molar-refractivity contribution in [2.45, 2.75) is 13.0 Å². The Morgan fingerprint density at radius 1 is 0.818 bits per heavy atom. The van der Waals surface area contributed by atoms with E-state index in [0.717, 1.165) is 15.6 Å². The number of fused-ring (bicyclic) bond motifs is 1. The Hall–Kier alpha value is -3.84. The van der Waals surface area contributed by atoms with Gasteiger partial charge >= 0.3 is 5.97 Å². The average molecular weight is 506 g/mol. The summed E-state index contributed by atoms with van der Waals surface area (Å²) in [5.41, 5.74) is 2.53. The lowest BCUT2D eigenvalue weighted by molar-refractivity contribution is 0.0696. The normalized spacial score (nSPS) is 10.8. The standard InChI is InChI=1S/C26H20BrNO5/c27-20-9-3-16(4-10-20)14-28-25(31)19-8-7-18-13-23(29)22(24(30)21(18)12-19)11-15-1-5-17(6-2-15)26(32)33/h1-10,12-13,29-30H,11,14H2,(H,28,31)(H,32,33). The van der Waals surface area contributed by atoms with E-state index >= 15 is 0 Å². The first kappa shape index (κ1) is 22.4. The molecular formula is C26H20BrNO5. The number of carboxylic acid groups (broad SMARTS) is 1. The second kappa shape index (κ2) is 9.34. The summed E-state index contributed by atoms with van der Waals surface area (Å²) >= 11 is 3.38. The summed E-state index contributed by atoms with van der Waals surface area (Å²) in [6, 6.07) is 20.3. The molecule has 0 saturated heterocycles. The molecule has 0 fully saturated rings. The van der Waals surface area contributed by atoms with Crippen molar-refractivity contribution < 1.29 is 24.9 Å². The van der Waals surface area contributed by atoms with E-state index in [-0.39, 0.29) is 29.4 Å². The maximum absolute atomic E-state index is 12.7. The Kier molecular flexibility index (Phi) is 6.33. The van der Waals surface area contributed by atoms with Crippen LogP contribution in [0.5, 0.6) is 11.5 Å². The molecule has 0 aliphatic carbocycles.